The summed E-state index contributed by atoms with van der Waals surface area (Å²) in [5.74, 6) is -1.33. The number of nitrogens with zero attached hydrogens (tertiary/aromatic N) is 2. The first kappa shape index (κ1) is 21.3. The van der Waals surface area contributed by atoms with Crippen molar-refractivity contribution in [2.45, 2.75) is 39.5 Å². The third-order valence-corrected chi connectivity index (χ3v) is 5.29. The molecule has 1 aromatic heterocycles. The third-order valence-electron chi connectivity index (χ3n) is 5.29. The minimum Gasteiger partial charge on any atom is -0.463 e. The second kappa shape index (κ2) is 8.97. The molecule has 1 aliphatic heterocycles. The number of pyridine rings is 1. The predicted molar refractivity (Wildman–Crippen MR) is 109 cm³/mol. The van der Waals surface area contributed by atoms with Gasteiger partial charge < -0.3 is 15.2 Å². The van der Waals surface area contributed by atoms with E-state index in [1.54, 1.807) is 19.3 Å². The lowest BCUT2D eigenvalue weighted by molar-refractivity contribution is -0.139. The Labute approximate surface area is 171 Å². The second-order valence-electron chi connectivity index (χ2n) is 8.25. The van der Waals surface area contributed by atoms with E-state index in [9.17, 15) is 9.59 Å². The number of esters is 1. The molecule has 1 fully saturated rings. The molecule has 1 saturated carbocycles. The number of hydrogen-bond donors (Lipinski definition) is 1. The molecule has 7 heteroatoms. The monoisotopic (exact) mass is 399 g/mol. The van der Waals surface area contributed by atoms with Crippen molar-refractivity contribution in [3.05, 3.63) is 41.4 Å². The number of nitrogens with two attached hydrogens (primary N) is 1. The summed E-state index contributed by atoms with van der Waals surface area (Å²) in [5, 5.41) is 0. The number of Topliss-reactive ketones (excluding diaryl/α,β-unsaturated/α-hetero) is 1. The number of ether oxygens (including phenoxy) is 2. The van der Waals surface area contributed by atoms with E-state index < -0.39 is 17.8 Å². The number of fused-ring (bicyclic) bond motifs is 1. The second-order valence-corrected chi connectivity index (χ2v) is 8.25. The average Bonchev–Trinajstić information content (AvgIpc) is 2.67. The Hall–Kier alpha value is -2.38. The average molecular weight is 399 g/mol. The van der Waals surface area contributed by atoms with Gasteiger partial charge in [0.05, 0.1) is 37.0 Å². The maximum Gasteiger partial charge on any atom is 0.336 e. The van der Waals surface area contributed by atoms with Gasteiger partial charge in [-0.2, -0.15) is 0 Å². The first-order valence-corrected chi connectivity index (χ1v) is 10.1. The maximum absolute atomic E-state index is 13.2. The Bertz CT molecular complexity index is 830. The van der Waals surface area contributed by atoms with Crippen LogP contribution in [-0.4, -0.2) is 48.8 Å². The van der Waals surface area contributed by atoms with Gasteiger partial charge in [-0.05, 0) is 30.4 Å². The summed E-state index contributed by atoms with van der Waals surface area (Å²) in [5.41, 5.74) is 7.89. The zero-order chi connectivity index (χ0) is 21.0. The van der Waals surface area contributed by atoms with Gasteiger partial charge >= 0.3 is 5.97 Å². The zero-order valence-corrected chi connectivity index (χ0v) is 17.3. The molecule has 7 nitrogen and oxygen atoms in total. The van der Waals surface area contributed by atoms with Crippen LogP contribution in [0.25, 0.3) is 0 Å². The molecular formula is C22H29N3O4. The molecule has 0 saturated heterocycles. The fraction of sp³-hybridized carbons (Fsp3) is 0.545. The number of aromatic nitrogens is 1. The summed E-state index contributed by atoms with van der Waals surface area (Å²) in [6, 6.07) is 3.70. The standard InChI is InChI=1S/C22H29N3O4/c1-4-29-21(27)20-16(13-28-9-7-23)25-15-10-22(2,3)11-17(26)19(15)18(20)14-6-5-8-24-12-14/h5-6,8,12,18-19H,4,7,9-11,13,23H2,1-3H3/t18-,19?/m1/s1. The molecule has 2 aliphatic rings. The molecule has 0 spiro atoms. The Kier molecular flexibility index (Phi) is 6.59. The van der Waals surface area contributed by atoms with Crippen molar-refractivity contribution in [1.29, 1.82) is 0 Å². The normalized spacial score (nSPS) is 23.4. The van der Waals surface area contributed by atoms with Crippen molar-refractivity contribution >= 4 is 17.5 Å². The Balaban J connectivity index is 2.15. The highest BCUT2D eigenvalue weighted by atomic mass is 16.5. The van der Waals surface area contributed by atoms with Gasteiger partial charge in [0.2, 0.25) is 0 Å². The molecule has 0 radical (unpaired) electrons. The highest BCUT2D eigenvalue weighted by Crippen LogP contribution is 2.46. The van der Waals surface area contributed by atoms with Crippen LogP contribution in [-0.2, 0) is 19.1 Å². The maximum atomic E-state index is 13.2. The molecule has 1 aromatic rings. The van der Waals surface area contributed by atoms with E-state index in [0.717, 1.165) is 11.3 Å². The van der Waals surface area contributed by atoms with Crippen molar-refractivity contribution < 1.29 is 19.1 Å². The number of aliphatic imine (C=N–C) groups is 1. The topological polar surface area (TPSA) is 104 Å². The lowest BCUT2D eigenvalue weighted by Gasteiger charge is -2.41. The van der Waals surface area contributed by atoms with Crippen LogP contribution in [0.5, 0.6) is 0 Å². The van der Waals surface area contributed by atoms with E-state index in [0.29, 0.717) is 37.3 Å². The van der Waals surface area contributed by atoms with Gasteiger partial charge in [0.1, 0.15) is 5.78 Å². The number of carbonyl (C=O) groups excluding carboxylic acids is 2. The van der Waals surface area contributed by atoms with E-state index >= 15 is 0 Å². The molecule has 0 aromatic carbocycles. The number of carbonyl (C=O) groups is 2. The van der Waals surface area contributed by atoms with Crippen molar-refractivity contribution in [2.75, 3.05) is 26.4 Å². The summed E-state index contributed by atoms with van der Waals surface area (Å²) in [7, 11) is 0. The quantitative estimate of drug-likeness (QED) is 0.558. The van der Waals surface area contributed by atoms with Gasteiger partial charge in [-0.3, -0.25) is 14.8 Å². The van der Waals surface area contributed by atoms with Crippen LogP contribution in [0.1, 0.15) is 45.1 Å². The number of hydrogen-bond acceptors (Lipinski definition) is 7. The lowest BCUT2D eigenvalue weighted by atomic mass is 9.63. The molecule has 0 amide bonds. The Morgan fingerprint density at radius 2 is 2.10 bits per heavy atom. The molecule has 156 valence electrons. The summed E-state index contributed by atoms with van der Waals surface area (Å²) in [4.78, 5) is 35.2. The van der Waals surface area contributed by atoms with Crippen molar-refractivity contribution in [1.82, 2.24) is 4.98 Å². The Morgan fingerprint density at radius 1 is 1.31 bits per heavy atom. The van der Waals surface area contributed by atoms with E-state index in [1.165, 1.54) is 0 Å². The van der Waals surface area contributed by atoms with Gasteiger partial charge in [0.15, 0.2) is 0 Å². The molecule has 0 bridgehead atoms. The zero-order valence-electron chi connectivity index (χ0n) is 17.3. The van der Waals surface area contributed by atoms with Gasteiger partial charge in [0.25, 0.3) is 0 Å². The van der Waals surface area contributed by atoms with Crippen LogP contribution >= 0.6 is 0 Å². The van der Waals surface area contributed by atoms with Crippen molar-refractivity contribution in [3.8, 4) is 0 Å². The molecule has 2 atom stereocenters. The first-order chi connectivity index (χ1) is 13.9. The van der Waals surface area contributed by atoms with E-state index in [1.807, 2.05) is 12.1 Å². The SMILES string of the molecule is CCOC(=O)C1=C(COCCN)N=C2CC(C)(C)CC(=O)C2[C@H]1c1cccnc1. The highest BCUT2D eigenvalue weighted by molar-refractivity contribution is 6.12. The van der Waals surface area contributed by atoms with Gasteiger partial charge in [-0.1, -0.05) is 19.9 Å². The van der Waals surface area contributed by atoms with Gasteiger partial charge in [0, 0.05) is 37.0 Å². The summed E-state index contributed by atoms with van der Waals surface area (Å²) < 4.78 is 11.0. The van der Waals surface area contributed by atoms with Crippen LogP contribution in [0.3, 0.4) is 0 Å². The van der Waals surface area contributed by atoms with E-state index in [2.05, 4.69) is 18.8 Å². The van der Waals surface area contributed by atoms with Crippen LogP contribution in [0.15, 0.2) is 40.8 Å². The Morgan fingerprint density at radius 3 is 2.76 bits per heavy atom. The van der Waals surface area contributed by atoms with Gasteiger partial charge in [-0.15, -0.1) is 0 Å². The molecule has 2 heterocycles. The largest absolute Gasteiger partial charge is 0.463 e. The smallest absolute Gasteiger partial charge is 0.336 e. The van der Waals surface area contributed by atoms with E-state index in [-0.39, 0.29) is 24.4 Å². The molecular weight excluding hydrogens is 370 g/mol. The minimum absolute atomic E-state index is 0.0950. The fourth-order valence-corrected chi connectivity index (χ4v) is 4.23. The predicted octanol–water partition coefficient (Wildman–Crippen LogP) is 2.42. The molecule has 29 heavy (non-hydrogen) atoms. The van der Waals surface area contributed by atoms with Crippen LogP contribution in [0, 0.1) is 11.3 Å². The molecule has 1 aliphatic carbocycles. The van der Waals surface area contributed by atoms with Crippen molar-refractivity contribution in [3.63, 3.8) is 0 Å². The number of rotatable bonds is 7. The summed E-state index contributed by atoms with van der Waals surface area (Å²) in [6.07, 6.45) is 4.52. The first-order valence-electron chi connectivity index (χ1n) is 10.1. The third kappa shape index (κ3) is 4.62. The minimum atomic E-state index is -0.482. The number of ketones is 1. The summed E-state index contributed by atoms with van der Waals surface area (Å²) >= 11 is 0. The highest BCUT2D eigenvalue weighted by Gasteiger charge is 2.48. The van der Waals surface area contributed by atoms with E-state index in [4.69, 9.17) is 20.2 Å². The summed E-state index contributed by atoms with van der Waals surface area (Å²) in [6.45, 7) is 7.01. The lowest BCUT2D eigenvalue weighted by Crippen LogP contribution is -2.44. The fourth-order valence-electron chi connectivity index (χ4n) is 4.23. The van der Waals surface area contributed by atoms with Crippen LogP contribution in [0.4, 0.5) is 0 Å². The van der Waals surface area contributed by atoms with Crippen LogP contribution < -0.4 is 5.73 Å². The van der Waals surface area contributed by atoms with Crippen LogP contribution in [0.2, 0.25) is 0 Å². The van der Waals surface area contributed by atoms with Crippen molar-refractivity contribution in [2.24, 2.45) is 22.1 Å². The molecule has 3 rings (SSSR count). The molecule has 2 N–H and O–H groups in total. The van der Waals surface area contributed by atoms with Gasteiger partial charge in [-0.25, -0.2) is 4.79 Å². The molecule has 1 unspecified atom stereocenters.